The van der Waals surface area contributed by atoms with E-state index in [1.165, 1.54) is 0 Å². The van der Waals surface area contributed by atoms with Crippen molar-refractivity contribution in [3.05, 3.63) is 54.6 Å². The Labute approximate surface area is 96.5 Å². The first-order chi connectivity index (χ1) is 7.75. The Kier molecular flexibility index (Phi) is 3.22. The van der Waals surface area contributed by atoms with Crippen LogP contribution in [0, 0.1) is 0 Å². The van der Waals surface area contributed by atoms with Crippen LogP contribution in [-0.4, -0.2) is 4.21 Å². The highest BCUT2D eigenvalue weighted by molar-refractivity contribution is 7.80. The molecule has 0 radical (unpaired) electrons. The van der Waals surface area contributed by atoms with Crippen molar-refractivity contribution in [1.29, 1.82) is 0 Å². The van der Waals surface area contributed by atoms with E-state index in [-0.39, 0.29) is 0 Å². The van der Waals surface area contributed by atoms with Crippen LogP contribution in [0.15, 0.2) is 59.5 Å². The summed E-state index contributed by atoms with van der Waals surface area (Å²) in [5.74, 6) is 0.502. The highest BCUT2D eigenvalue weighted by Gasteiger charge is 2.05. The SMILES string of the molecule is Nc1cccc(OS(=O)c2ccccc2)c1. The Morgan fingerprint density at radius 1 is 1.00 bits per heavy atom. The van der Waals surface area contributed by atoms with Crippen LogP contribution in [0.1, 0.15) is 0 Å². The van der Waals surface area contributed by atoms with Crippen molar-refractivity contribution < 1.29 is 8.39 Å². The van der Waals surface area contributed by atoms with Gasteiger partial charge in [-0.05, 0) is 24.3 Å². The van der Waals surface area contributed by atoms with E-state index in [2.05, 4.69) is 0 Å². The Balaban J connectivity index is 2.14. The maximum absolute atomic E-state index is 11.8. The molecule has 16 heavy (non-hydrogen) atoms. The number of anilines is 1. The van der Waals surface area contributed by atoms with Crippen LogP contribution in [0.3, 0.4) is 0 Å². The molecule has 0 aromatic heterocycles. The summed E-state index contributed by atoms with van der Waals surface area (Å²) >= 11 is -1.50. The molecular formula is C12H11NO2S. The van der Waals surface area contributed by atoms with Gasteiger partial charge in [0.05, 0.1) is 4.90 Å². The first-order valence-electron chi connectivity index (χ1n) is 4.76. The fraction of sp³-hybridized carbons (Fsp3) is 0. The molecule has 0 aliphatic carbocycles. The van der Waals surface area contributed by atoms with Crippen molar-refractivity contribution in [2.45, 2.75) is 4.90 Å². The van der Waals surface area contributed by atoms with Crippen LogP contribution >= 0.6 is 0 Å². The predicted octanol–water partition coefficient (Wildman–Crippen LogP) is 2.37. The molecule has 0 bridgehead atoms. The molecule has 3 nitrogen and oxygen atoms in total. The van der Waals surface area contributed by atoms with E-state index in [4.69, 9.17) is 9.92 Å². The van der Waals surface area contributed by atoms with Crippen LogP contribution in [0.5, 0.6) is 5.75 Å². The maximum atomic E-state index is 11.8. The van der Waals surface area contributed by atoms with E-state index in [0.29, 0.717) is 16.3 Å². The van der Waals surface area contributed by atoms with Gasteiger partial charge in [0.2, 0.25) is 11.1 Å². The third-order valence-corrected chi connectivity index (χ3v) is 2.97. The van der Waals surface area contributed by atoms with Gasteiger partial charge in [0, 0.05) is 11.8 Å². The largest absolute Gasteiger partial charge is 0.399 e. The predicted molar refractivity (Wildman–Crippen MR) is 64.3 cm³/mol. The van der Waals surface area contributed by atoms with Crippen molar-refractivity contribution in [2.75, 3.05) is 5.73 Å². The van der Waals surface area contributed by atoms with Gasteiger partial charge in [0.1, 0.15) is 5.75 Å². The third-order valence-electron chi connectivity index (χ3n) is 1.97. The smallest absolute Gasteiger partial charge is 0.240 e. The molecule has 4 heteroatoms. The van der Waals surface area contributed by atoms with Gasteiger partial charge in [-0.1, -0.05) is 24.3 Å². The summed E-state index contributed by atoms with van der Waals surface area (Å²) in [5.41, 5.74) is 6.18. The molecule has 2 aromatic rings. The first kappa shape index (κ1) is 10.7. The van der Waals surface area contributed by atoms with Crippen LogP contribution in [0.4, 0.5) is 5.69 Å². The molecule has 2 aromatic carbocycles. The number of hydrogen-bond donors (Lipinski definition) is 1. The Bertz CT molecular complexity index is 499. The van der Waals surface area contributed by atoms with E-state index in [1.807, 2.05) is 18.2 Å². The summed E-state index contributed by atoms with van der Waals surface area (Å²) < 4.78 is 17.0. The fourth-order valence-electron chi connectivity index (χ4n) is 1.23. The van der Waals surface area contributed by atoms with Crippen molar-refractivity contribution in [3.8, 4) is 5.75 Å². The van der Waals surface area contributed by atoms with Gasteiger partial charge in [0.25, 0.3) is 0 Å². The monoisotopic (exact) mass is 233 g/mol. The zero-order valence-corrected chi connectivity index (χ0v) is 9.31. The summed E-state index contributed by atoms with van der Waals surface area (Å²) in [5, 5.41) is 0. The number of hydrogen-bond acceptors (Lipinski definition) is 3. The van der Waals surface area contributed by atoms with Crippen molar-refractivity contribution >= 4 is 16.8 Å². The van der Waals surface area contributed by atoms with Gasteiger partial charge in [-0.15, -0.1) is 0 Å². The lowest BCUT2D eigenvalue weighted by molar-refractivity contribution is 0.562. The molecule has 0 saturated carbocycles. The third kappa shape index (κ3) is 2.61. The molecule has 0 fully saturated rings. The second kappa shape index (κ2) is 4.81. The average Bonchev–Trinajstić information content (AvgIpc) is 2.30. The van der Waals surface area contributed by atoms with Crippen molar-refractivity contribution in [1.82, 2.24) is 0 Å². The number of nitrogens with two attached hydrogens (primary N) is 1. The van der Waals surface area contributed by atoms with Crippen LogP contribution < -0.4 is 9.92 Å². The Morgan fingerprint density at radius 2 is 1.75 bits per heavy atom. The second-order valence-corrected chi connectivity index (χ2v) is 4.31. The fourth-order valence-corrected chi connectivity index (χ4v) is 1.99. The lowest BCUT2D eigenvalue weighted by Crippen LogP contribution is -2.00. The van der Waals surface area contributed by atoms with Gasteiger partial charge < -0.3 is 9.92 Å². The van der Waals surface area contributed by atoms with Crippen molar-refractivity contribution in [2.24, 2.45) is 0 Å². The highest BCUT2D eigenvalue weighted by Crippen LogP contribution is 2.18. The Morgan fingerprint density at radius 3 is 2.44 bits per heavy atom. The van der Waals surface area contributed by atoms with Crippen LogP contribution in [0.2, 0.25) is 0 Å². The lowest BCUT2D eigenvalue weighted by atomic mass is 10.3. The quantitative estimate of drug-likeness (QED) is 0.828. The summed E-state index contributed by atoms with van der Waals surface area (Å²) in [6.07, 6.45) is 0. The van der Waals surface area contributed by atoms with Crippen LogP contribution in [-0.2, 0) is 11.1 Å². The molecule has 0 aliphatic heterocycles. The molecule has 0 amide bonds. The van der Waals surface area contributed by atoms with E-state index in [9.17, 15) is 4.21 Å². The van der Waals surface area contributed by atoms with Gasteiger partial charge in [0.15, 0.2) is 0 Å². The minimum absolute atomic E-state index is 0.502. The first-order valence-corrected chi connectivity index (χ1v) is 5.84. The molecule has 82 valence electrons. The number of benzene rings is 2. The summed E-state index contributed by atoms with van der Waals surface area (Å²) in [4.78, 5) is 0.630. The molecule has 1 atom stereocenters. The van der Waals surface area contributed by atoms with Gasteiger partial charge >= 0.3 is 0 Å². The van der Waals surface area contributed by atoms with E-state index < -0.39 is 11.1 Å². The molecule has 1 unspecified atom stereocenters. The standard InChI is InChI=1S/C12H11NO2S/c13-10-5-4-6-11(9-10)15-16(14)12-7-2-1-3-8-12/h1-9H,13H2. The van der Waals surface area contributed by atoms with E-state index in [0.717, 1.165) is 0 Å². The minimum atomic E-state index is -1.50. The molecule has 2 rings (SSSR count). The molecule has 0 spiro atoms. The number of rotatable bonds is 3. The van der Waals surface area contributed by atoms with Gasteiger partial charge in [-0.3, -0.25) is 0 Å². The maximum Gasteiger partial charge on any atom is 0.240 e. The van der Waals surface area contributed by atoms with Gasteiger partial charge in [-0.2, -0.15) is 0 Å². The molecular weight excluding hydrogens is 222 g/mol. The average molecular weight is 233 g/mol. The zero-order valence-electron chi connectivity index (χ0n) is 8.50. The van der Waals surface area contributed by atoms with Crippen molar-refractivity contribution in [3.63, 3.8) is 0 Å². The highest BCUT2D eigenvalue weighted by atomic mass is 32.2. The summed E-state index contributed by atoms with van der Waals surface area (Å²) in [6.45, 7) is 0. The summed E-state index contributed by atoms with van der Waals surface area (Å²) in [7, 11) is 0. The van der Waals surface area contributed by atoms with E-state index >= 15 is 0 Å². The minimum Gasteiger partial charge on any atom is -0.399 e. The summed E-state index contributed by atoms with van der Waals surface area (Å²) in [6, 6.07) is 15.9. The molecule has 0 saturated heterocycles. The molecule has 2 N–H and O–H groups in total. The molecule has 0 aliphatic rings. The Hall–Kier alpha value is -1.81. The second-order valence-electron chi connectivity index (χ2n) is 3.20. The van der Waals surface area contributed by atoms with Gasteiger partial charge in [-0.25, -0.2) is 4.21 Å². The van der Waals surface area contributed by atoms with E-state index in [1.54, 1.807) is 36.4 Å². The zero-order chi connectivity index (χ0) is 11.4. The topological polar surface area (TPSA) is 52.3 Å². The molecule has 0 heterocycles. The number of nitrogen functional groups attached to an aromatic ring is 1. The normalized spacial score (nSPS) is 12.0. The van der Waals surface area contributed by atoms with Crippen LogP contribution in [0.25, 0.3) is 0 Å². The lowest BCUT2D eigenvalue weighted by Gasteiger charge is -2.04.